The molecule has 6 nitrogen and oxygen atoms in total. The Labute approximate surface area is 213 Å². The lowest BCUT2D eigenvalue weighted by atomic mass is 9.86. The largest absolute Gasteiger partial charge is 0.493 e. The van der Waals surface area contributed by atoms with Crippen LogP contribution in [0.2, 0.25) is 0 Å². The zero-order chi connectivity index (χ0) is 25.1. The first kappa shape index (κ1) is 23.8. The number of nitriles is 1. The van der Waals surface area contributed by atoms with Crippen LogP contribution in [0.4, 0.5) is 10.1 Å². The summed E-state index contributed by atoms with van der Waals surface area (Å²) in [5, 5.41) is 10.7. The molecule has 1 amide bonds. The van der Waals surface area contributed by atoms with Gasteiger partial charge < -0.3 is 14.4 Å². The van der Waals surface area contributed by atoms with Crippen molar-refractivity contribution in [3.05, 3.63) is 100 Å². The summed E-state index contributed by atoms with van der Waals surface area (Å²) in [5.41, 5.74) is 2.83. The third-order valence-electron chi connectivity index (χ3n) is 6.31. The van der Waals surface area contributed by atoms with E-state index in [2.05, 4.69) is 6.07 Å². The van der Waals surface area contributed by atoms with Gasteiger partial charge in [-0.2, -0.15) is 5.26 Å². The zero-order valence-corrected chi connectivity index (χ0v) is 20.5. The highest BCUT2D eigenvalue weighted by Crippen LogP contribution is 2.44. The number of halogens is 1. The second-order valence-electron chi connectivity index (χ2n) is 8.50. The highest BCUT2D eigenvalue weighted by atomic mass is 32.2. The summed E-state index contributed by atoms with van der Waals surface area (Å²) in [6.07, 6.45) is 0.144. The molecule has 36 heavy (non-hydrogen) atoms. The molecule has 0 bridgehead atoms. The normalized spacial score (nSPS) is 17.5. The molecular formula is C28H24FN3O3S. The van der Waals surface area contributed by atoms with Crippen molar-refractivity contribution in [2.24, 2.45) is 0 Å². The molecule has 1 saturated heterocycles. The highest BCUT2D eigenvalue weighted by Gasteiger charge is 2.39. The molecule has 182 valence electrons. The number of anilines is 1. The van der Waals surface area contributed by atoms with Gasteiger partial charge in [0, 0.05) is 12.3 Å². The first-order chi connectivity index (χ1) is 17.6. The van der Waals surface area contributed by atoms with E-state index in [0.29, 0.717) is 40.3 Å². The monoisotopic (exact) mass is 501 g/mol. The Morgan fingerprint density at radius 2 is 1.86 bits per heavy atom. The number of carbonyl (C=O) groups excluding carboxylic acids is 1. The van der Waals surface area contributed by atoms with Gasteiger partial charge in [-0.3, -0.25) is 9.69 Å². The van der Waals surface area contributed by atoms with Crippen molar-refractivity contribution in [2.75, 3.05) is 24.6 Å². The fourth-order valence-electron chi connectivity index (χ4n) is 4.46. The number of carbonyl (C=O) groups is 1. The van der Waals surface area contributed by atoms with Crippen LogP contribution in [0, 0.1) is 17.1 Å². The molecule has 0 aromatic heterocycles. The summed E-state index contributed by atoms with van der Waals surface area (Å²) in [7, 11) is 1.57. The van der Waals surface area contributed by atoms with Crippen LogP contribution in [0.15, 0.2) is 83.4 Å². The quantitative estimate of drug-likeness (QED) is 0.436. The number of nitrogens with zero attached hydrogens (tertiary/aromatic N) is 3. The van der Waals surface area contributed by atoms with E-state index in [9.17, 15) is 14.4 Å². The van der Waals surface area contributed by atoms with Crippen molar-refractivity contribution >= 4 is 23.4 Å². The molecule has 0 saturated carbocycles. The van der Waals surface area contributed by atoms with E-state index in [1.807, 2.05) is 48.5 Å². The Kier molecular flexibility index (Phi) is 6.83. The van der Waals surface area contributed by atoms with Gasteiger partial charge >= 0.3 is 0 Å². The van der Waals surface area contributed by atoms with Crippen molar-refractivity contribution in [3.8, 4) is 17.6 Å². The Hall–Kier alpha value is -3.96. The second-order valence-corrected chi connectivity index (χ2v) is 9.43. The van der Waals surface area contributed by atoms with E-state index >= 15 is 0 Å². The van der Waals surface area contributed by atoms with Gasteiger partial charge in [0.15, 0.2) is 11.5 Å². The molecule has 2 aliphatic rings. The molecule has 0 spiro atoms. The van der Waals surface area contributed by atoms with Crippen LogP contribution in [0.25, 0.3) is 0 Å². The molecule has 3 aromatic rings. The summed E-state index contributed by atoms with van der Waals surface area (Å²) in [6.45, 7) is 0.603. The molecule has 8 heteroatoms. The van der Waals surface area contributed by atoms with Crippen molar-refractivity contribution in [2.45, 2.75) is 18.9 Å². The van der Waals surface area contributed by atoms with Gasteiger partial charge in [-0.05, 0) is 35.4 Å². The molecule has 5 rings (SSSR count). The Morgan fingerprint density at radius 1 is 1.08 bits per heavy atom. The molecule has 0 aliphatic carbocycles. The lowest BCUT2D eigenvalue weighted by Crippen LogP contribution is -2.47. The number of para-hydroxylation sites is 1. The van der Waals surface area contributed by atoms with Crippen LogP contribution < -0.4 is 14.4 Å². The molecule has 0 N–H and O–H groups in total. The van der Waals surface area contributed by atoms with E-state index in [1.165, 1.54) is 17.8 Å². The van der Waals surface area contributed by atoms with Crippen molar-refractivity contribution in [1.82, 2.24) is 4.90 Å². The summed E-state index contributed by atoms with van der Waals surface area (Å²) < 4.78 is 25.9. The van der Waals surface area contributed by atoms with E-state index in [4.69, 9.17) is 9.47 Å². The van der Waals surface area contributed by atoms with Gasteiger partial charge in [0.05, 0.1) is 42.0 Å². The van der Waals surface area contributed by atoms with Gasteiger partial charge in [0.2, 0.25) is 5.91 Å². The van der Waals surface area contributed by atoms with Crippen LogP contribution in [-0.4, -0.2) is 30.5 Å². The summed E-state index contributed by atoms with van der Waals surface area (Å²) in [6, 6.07) is 24.2. The molecule has 1 fully saturated rings. The third kappa shape index (κ3) is 4.62. The average Bonchev–Trinajstić information content (AvgIpc) is 2.92. The third-order valence-corrected chi connectivity index (χ3v) is 7.47. The number of hydrogen-bond donors (Lipinski definition) is 0. The maximum absolute atomic E-state index is 14.3. The van der Waals surface area contributed by atoms with Gasteiger partial charge in [-0.1, -0.05) is 60.3 Å². The maximum Gasteiger partial charge on any atom is 0.229 e. The lowest BCUT2D eigenvalue weighted by Gasteiger charge is -2.42. The number of ether oxygens (including phenoxy) is 2. The number of thioether (sulfide) groups is 1. The number of benzene rings is 3. The van der Waals surface area contributed by atoms with Gasteiger partial charge in [-0.25, -0.2) is 4.39 Å². The number of methoxy groups -OCH3 is 1. The van der Waals surface area contributed by atoms with Crippen LogP contribution in [0.3, 0.4) is 0 Å². The van der Waals surface area contributed by atoms with Crippen LogP contribution in [-0.2, 0) is 11.4 Å². The SMILES string of the molecule is COc1cc(C2CC(=O)N3CN(c4ccccc4F)CSC3=C2C#N)ccc1OCc1ccccc1. The smallest absolute Gasteiger partial charge is 0.229 e. The minimum absolute atomic E-state index is 0.106. The first-order valence-corrected chi connectivity index (χ1v) is 12.5. The van der Waals surface area contributed by atoms with Crippen molar-refractivity contribution < 1.29 is 18.7 Å². The number of amides is 1. The number of fused-ring (bicyclic) bond motifs is 1. The van der Waals surface area contributed by atoms with E-state index in [0.717, 1.165) is 11.1 Å². The topological polar surface area (TPSA) is 65.8 Å². The highest BCUT2D eigenvalue weighted by molar-refractivity contribution is 8.03. The van der Waals surface area contributed by atoms with E-state index < -0.39 is 5.92 Å². The Balaban J connectivity index is 1.40. The minimum atomic E-state index is -0.390. The predicted molar refractivity (Wildman–Crippen MR) is 137 cm³/mol. The van der Waals surface area contributed by atoms with Crippen LogP contribution in [0.1, 0.15) is 23.5 Å². The molecule has 2 heterocycles. The fraction of sp³-hybridized carbons (Fsp3) is 0.214. The number of allylic oxidation sites excluding steroid dienone is 1. The molecule has 3 aromatic carbocycles. The average molecular weight is 502 g/mol. The lowest BCUT2D eigenvalue weighted by molar-refractivity contribution is -0.129. The number of hydrogen-bond acceptors (Lipinski definition) is 6. The van der Waals surface area contributed by atoms with E-state index in [1.54, 1.807) is 35.1 Å². The minimum Gasteiger partial charge on any atom is -0.493 e. The molecule has 1 atom stereocenters. The summed E-state index contributed by atoms with van der Waals surface area (Å²) in [5.74, 6) is 0.738. The predicted octanol–water partition coefficient (Wildman–Crippen LogP) is 5.63. The maximum atomic E-state index is 14.3. The van der Waals surface area contributed by atoms with Gasteiger partial charge in [0.25, 0.3) is 0 Å². The molecule has 0 radical (unpaired) electrons. The van der Waals surface area contributed by atoms with Gasteiger partial charge in [-0.15, -0.1) is 0 Å². The zero-order valence-electron chi connectivity index (χ0n) is 19.7. The Morgan fingerprint density at radius 3 is 2.61 bits per heavy atom. The summed E-state index contributed by atoms with van der Waals surface area (Å²) in [4.78, 5) is 16.6. The molecule has 2 aliphatic heterocycles. The Bertz CT molecular complexity index is 1360. The molecular weight excluding hydrogens is 477 g/mol. The van der Waals surface area contributed by atoms with Crippen LogP contribution >= 0.6 is 11.8 Å². The van der Waals surface area contributed by atoms with Crippen molar-refractivity contribution in [1.29, 1.82) is 5.26 Å². The first-order valence-electron chi connectivity index (χ1n) is 11.5. The van der Waals surface area contributed by atoms with Gasteiger partial charge in [0.1, 0.15) is 12.4 Å². The summed E-state index contributed by atoms with van der Waals surface area (Å²) >= 11 is 1.38. The standard InChI is InChI=1S/C28H24FN3O3S/c1-34-26-13-20(11-12-25(26)35-16-19-7-3-2-4-8-19)21-14-27(33)32-17-31(18-36-28(32)22(21)15-30)24-10-6-5-9-23(24)29/h2-13,21H,14,16-18H2,1H3. The fourth-order valence-corrected chi connectivity index (χ4v) is 5.62. The van der Waals surface area contributed by atoms with E-state index in [-0.39, 0.29) is 24.8 Å². The van der Waals surface area contributed by atoms with Crippen molar-refractivity contribution in [3.63, 3.8) is 0 Å². The van der Waals surface area contributed by atoms with Crippen LogP contribution in [0.5, 0.6) is 11.5 Å². The second kappa shape index (κ2) is 10.3. The molecule has 1 unspecified atom stereocenters. The number of rotatable bonds is 6.